The van der Waals surface area contributed by atoms with Crippen LogP contribution in [0.2, 0.25) is 0 Å². The highest BCUT2D eigenvalue weighted by atomic mass is 15.2. The summed E-state index contributed by atoms with van der Waals surface area (Å²) in [7, 11) is 4.05. The maximum atomic E-state index is 5.10. The van der Waals surface area contributed by atoms with Gasteiger partial charge in [-0.3, -0.25) is 9.98 Å². The van der Waals surface area contributed by atoms with Crippen LogP contribution in [0.1, 0.15) is 34.2 Å². The summed E-state index contributed by atoms with van der Waals surface area (Å²) in [5.41, 5.74) is 11.0. The average Bonchev–Trinajstić information content (AvgIpc) is 3.52. The Balaban J connectivity index is 1.25. The smallest absolute Gasteiger partial charge is 0.107 e. The van der Waals surface area contributed by atoms with E-state index < -0.39 is 5.54 Å². The first kappa shape index (κ1) is 33.0. The molecule has 5 heteroatoms. The summed E-state index contributed by atoms with van der Waals surface area (Å²) >= 11 is 0. The summed E-state index contributed by atoms with van der Waals surface area (Å²) in [6.07, 6.45) is 5.32. The molecule has 1 aliphatic rings. The Hall–Kier alpha value is -6.20. The van der Waals surface area contributed by atoms with E-state index in [2.05, 4.69) is 186 Å². The number of rotatable bonds is 11. The molecule has 0 amide bonds. The molecule has 0 aliphatic heterocycles. The highest BCUT2D eigenvalue weighted by Crippen LogP contribution is 2.46. The van der Waals surface area contributed by atoms with E-state index in [0.717, 1.165) is 35.5 Å². The molecular weight excluding hydrogens is 635 g/mol. The Bertz CT molecular complexity index is 2410. The summed E-state index contributed by atoms with van der Waals surface area (Å²) in [4.78, 5) is 14.7. The lowest BCUT2D eigenvalue weighted by molar-refractivity contribution is 0.448. The molecule has 6 aromatic carbocycles. The molecule has 1 aromatic heterocycles. The fourth-order valence-corrected chi connectivity index (χ4v) is 8.06. The molecule has 0 fully saturated rings. The third-order valence-electron chi connectivity index (χ3n) is 10.5. The maximum Gasteiger partial charge on any atom is 0.107 e. The number of para-hydroxylation sites is 3. The van der Waals surface area contributed by atoms with Gasteiger partial charge in [-0.25, -0.2) is 0 Å². The van der Waals surface area contributed by atoms with Crippen molar-refractivity contribution in [3.8, 4) is 0 Å². The van der Waals surface area contributed by atoms with Gasteiger partial charge in [0.2, 0.25) is 0 Å². The zero-order chi connectivity index (χ0) is 35.5. The van der Waals surface area contributed by atoms with Gasteiger partial charge in [-0.2, -0.15) is 0 Å². The Morgan fingerprint density at radius 2 is 1.42 bits per heavy atom. The summed E-state index contributed by atoms with van der Waals surface area (Å²) in [6.45, 7) is 6.43. The van der Waals surface area contributed by atoms with Crippen LogP contribution in [0.15, 0.2) is 168 Å². The van der Waals surface area contributed by atoms with Crippen LogP contribution in [0.3, 0.4) is 0 Å². The summed E-state index contributed by atoms with van der Waals surface area (Å²) < 4.78 is 2.46. The van der Waals surface area contributed by atoms with Crippen molar-refractivity contribution in [2.75, 3.05) is 30.4 Å². The molecule has 0 spiro atoms. The summed E-state index contributed by atoms with van der Waals surface area (Å²) in [5, 5.41) is 2.48. The monoisotopic (exact) mass is 677 g/mol. The number of nitrogens with zero attached hydrogens (tertiary/aromatic N) is 5. The first-order chi connectivity index (χ1) is 25.6. The number of anilines is 2. The van der Waals surface area contributed by atoms with Crippen molar-refractivity contribution in [2.24, 2.45) is 9.98 Å². The van der Waals surface area contributed by atoms with E-state index in [-0.39, 0.29) is 0 Å². The van der Waals surface area contributed by atoms with Crippen LogP contribution in [-0.4, -0.2) is 37.6 Å². The lowest BCUT2D eigenvalue weighted by atomic mass is 9.77. The highest BCUT2D eigenvalue weighted by molar-refractivity contribution is 6.16. The predicted molar refractivity (Wildman–Crippen MR) is 221 cm³/mol. The molecule has 8 rings (SSSR count). The van der Waals surface area contributed by atoms with E-state index in [9.17, 15) is 0 Å². The number of aliphatic imine (C=N–C) groups is 2. The van der Waals surface area contributed by atoms with Gasteiger partial charge >= 0.3 is 0 Å². The van der Waals surface area contributed by atoms with Gasteiger partial charge in [0, 0.05) is 60.5 Å². The molecule has 0 bridgehead atoms. The normalized spacial score (nSPS) is 15.5. The second-order valence-corrected chi connectivity index (χ2v) is 13.6. The van der Waals surface area contributed by atoms with E-state index in [1.807, 2.05) is 13.1 Å². The van der Waals surface area contributed by atoms with Gasteiger partial charge in [-0.05, 0) is 60.2 Å². The van der Waals surface area contributed by atoms with Crippen molar-refractivity contribution in [3.05, 3.63) is 186 Å². The minimum atomic E-state index is -0.566. The first-order valence-corrected chi connectivity index (χ1v) is 18.0. The molecular formula is C47H43N5. The fraction of sp³-hybridized carbons (Fsp3) is 0.149. The largest absolute Gasteiger partial charge is 0.364 e. The van der Waals surface area contributed by atoms with E-state index in [1.54, 1.807) is 0 Å². The third kappa shape index (κ3) is 5.98. The van der Waals surface area contributed by atoms with E-state index in [1.165, 1.54) is 44.2 Å². The van der Waals surface area contributed by atoms with Crippen molar-refractivity contribution in [3.63, 3.8) is 0 Å². The Labute approximate surface area is 306 Å². The van der Waals surface area contributed by atoms with Crippen molar-refractivity contribution < 1.29 is 0 Å². The van der Waals surface area contributed by atoms with Crippen LogP contribution >= 0.6 is 0 Å². The topological polar surface area (TPSA) is 36.1 Å². The SMILES string of the molecule is C=NC1(CN(Cc2ccccc2)c2ccccc2)CC=Cc2ccc3c(c21)c1ccccc1n3CN(C)c1ccccc1C(=NC)c1ccccc1. The van der Waals surface area contributed by atoms with Gasteiger partial charge in [0.05, 0.1) is 23.4 Å². The van der Waals surface area contributed by atoms with Crippen LogP contribution in [0.25, 0.3) is 27.9 Å². The molecule has 0 radical (unpaired) electrons. The number of fused-ring (bicyclic) bond motifs is 5. The second-order valence-electron chi connectivity index (χ2n) is 13.6. The third-order valence-corrected chi connectivity index (χ3v) is 10.5. The Kier molecular flexibility index (Phi) is 9.00. The van der Waals surface area contributed by atoms with Gasteiger partial charge in [-0.1, -0.05) is 133 Å². The van der Waals surface area contributed by atoms with Crippen LogP contribution in [0.4, 0.5) is 11.4 Å². The van der Waals surface area contributed by atoms with Crippen LogP contribution in [0, 0.1) is 0 Å². The van der Waals surface area contributed by atoms with Crippen molar-refractivity contribution in [2.45, 2.75) is 25.2 Å². The Morgan fingerprint density at radius 3 is 2.17 bits per heavy atom. The minimum absolute atomic E-state index is 0.566. The van der Waals surface area contributed by atoms with Crippen molar-refractivity contribution >= 4 is 51.7 Å². The van der Waals surface area contributed by atoms with Gasteiger partial charge in [0.1, 0.15) is 5.54 Å². The first-order valence-electron chi connectivity index (χ1n) is 18.0. The van der Waals surface area contributed by atoms with Gasteiger partial charge < -0.3 is 14.4 Å². The van der Waals surface area contributed by atoms with Gasteiger partial charge in [-0.15, -0.1) is 0 Å². The van der Waals surface area contributed by atoms with E-state index >= 15 is 0 Å². The van der Waals surface area contributed by atoms with Crippen molar-refractivity contribution in [1.82, 2.24) is 4.57 Å². The second kappa shape index (κ2) is 14.2. The molecule has 0 saturated carbocycles. The van der Waals surface area contributed by atoms with E-state index in [0.29, 0.717) is 13.2 Å². The van der Waals surface area contributed by atoms with Gasteiger partial charge in [0.15, 0.2) is 0 Å². The molecule has 1 unspecified atom stereocenters. The molecule has 7 aromatic rings. The molecule has 1 aliphatic carbocycles. The zero-order valence-electron chi connectivity index (χ0n) is 29.9. The molecule has 52 heavy (non-hydrogen) atoms. The fourth-order valence-electron chi connectivity index (χ4n) is 8.06. The van der Waals surface area contributed by atoms with E-state index in [4.69, 9.17) is 9.98 Å². The van der Waals surface area contributed by atoms with Crippen molar-refractivity contribution in [1.29, 1.82) is 0 Å². The standard InChI is InChI=1S/C47H43N5/c1-48-46(37-20-9-5-10-21-37)40-26-14-15-27-41(40)50(3)34-52-42-28-16-13-25-39(42)44-43(52)30-29-36-22-17-31-47(49-2,45(36)44)33-51(38-23-11-6-12-24-38)32-35-18-7-4-8-19-35/h4-30H,2,31-34H2,1,3H3. The Morgan fingerprint density at radius 1 is 0.750 bits per heavy atom. The molecule has 1 atom stereocenters. The van der Waals surface area contributed by atoms with Crippen LogP contribution < -0.4 is 9.80 Å². The van der Waals surface area contributed by atoms with Crippen LogP contribution in [0.5, 0.6) is 0 Å². The average molecular weight is 678 g/mol. The number of aromatic nitrogens is 1. The maximum absolute atomic E-state index is 5.10. The molecule has 0 N–H and O–H groups in total. The molecule has 5 nitrogen and oxygen atoms in total. The number of hydrogen-bond acceptors (Lipinski definition) is 4. The highest BCUT2D eigenvalue weighted by Gasteiger charge is 2.38. The summed E-state index contributed by atoms with van der Waals surface area (Å²) in [5.74, 6) is 0. The van der Waals surface area contributed by atoms with Crippen LogP contribution in [-0.2, 0) is 18.8 Å². The minimum Gasteiger partial charge on any atom is -0.364 e. The quantitative estimate of drug-likeness (QED) is 0.128. The molecule has 256 valence electrons. The molecule has 0 saturated heterocycles. The predicted octanol–water partition coefficient (Wildman–Crippen LogP) is 10.4. The zero-order valence-corrected chi connectivity index (χ0v) is 29.9. The lowest BCUT2D eigenvalue weighted by Crippen LogP contribution is -2.41. The summed E-state index contributed by atoms with van der Waals surface area (Å²) in [6, 6.07) is 53.8. The molecule has 1 heterocycles. The number of benzene rings is 6. The lowest BCUT2D eigenvalue weighted by Gasteiger charge is -2.39. The van der Waals surface area contributed by atoms with Gasteiger partial charge in [0.25, 0.3) is 0 Å². The number of hydrogen-bond donors (Lipinski definition) is 0.